The van der Waals surface area contributed by atoms with Gasteiger partial charge in [-0.05, 0) is 65.3 Å². The Morgan fingerprint density at radius 2 is 1.95 bits per heavy atom. The fraction of sp³-hybridized carbons (Fsp3) is 0.667. The van der Waals surface area contributed by atoms with Crippen LogP contribution in [0.25, 0.3) is 0 Å². The van der Waals surface area contributed by atoms with Gasteiger partial charge in [0, 0.05) is 24.7 Å². The number of likely N-dealkylation sites (tertiary alicyclic amines) is 1. The van der Waals surface area contributed by atoms with E-state index in [9.17, 15) is 0 Å². The molecule has 0 bridgehead atoms. The lowest BCUT2D eigenvalue weighted by atomic mass is 10.1. The molecule has 21 heavy (non-hydrogen) atoms. The fourth-order valence-electron chi connectivity index (χ4n) is 2.97. The average molecular weight is 290 g/mol. The molecule has 3 heteroatoms. The van der Waals surface area contributed by atoms with E-state index in [2.05, 4.69) is 63.0 Å². The van der Waals surface area contributed by atoms with Crippen molar-refractivity contribution in [3.05, 3.63) is 29.8 Å². The molecule has 2 rings (SSSR count). The van der Waals surface area contributed by atoms with Crippen LogP contribution in [0, 0.1) is 0 Å². The van der Waals surface area contributed by atoms with Gasteiger partial charge in [0.15, 0.2) is 0 Å². The average Bonchev–Trinajstić information content (AvgIpc) is 2.87. The lowest BCUT2D eigenvalue weighted by Gasteiger charge is -2.23. The summed E-state index contributed by atoms with van der Waals surface area (Å²) in [6.45, 7) is 13.3. The minimum absolute atomic E-state index is 0.220. The number of nitrogens with zero attached hydrogens (tertiary/aromatic N) is 1. The molecule has 118 valence electrons. The van der Waals surface area contributed by atoms with Gasteiger partial charge in [-0.25, -0.2) is 0 Å². The first-order valence-corrected chi connectivity index (χ1v) is 8.22. The Morgan fingerprint density at radius 3 is 2.57 bits per heavy atom. The molecule has 3 nitrogen and oxygen atoms in total. The first-order chi connectivity index (χ1) is 9.95. The monoisotopic (exact) mass is 290 g/mol. The van der Waals surface area contributed by atoms with Crippen molar-refractivity contribution in [1.82, 2.24) is 10.2 Å². The van der Waals surface area contributed by atoms with E-state index >= 15 is 0 Å². The van der Waals surface area contributed by atoms with Crippen molar-refractivity contribution in [3.8, 4) is 5.75 Å². The van der Waals surface area contributed by atoms with E-state index in [0.29, 0.717) is 18.1 Å². The Bertz CT molecular complexity index is 445. The highest BCUT2D eigenvalue weighted by atomic mass is 16.5. The van der Waals surface area contributed by atoms with Crippen molar-refractivity contribution in [2.24, 2.45) is 0 Å². The SMILES string of the molecule is CC(C)Oc1cccc(C(C)NC2CCN(C(C)C)C2)c1. The summed E-state index contributed by atoms with van der Waals surface area (Å²) < 4.78 is 5.79. The third kappa shape index (κ3) is 4.72. The van der Waals surface area contributed by atoms with Gasteiger partial charge in [0.2, 0.25) is 0 Å². The summed E-state index contributed by atoms with van der Waals surface area (Å²) in [5.41, 5.74) is 1.30. The van der Waals surface area contributed by atoms with Crippen LogP contribution in [-0.4, -0.2) is 36.2 Å². The highest BCUT2D eigenvalue weighted by Crippen LogP contribution is 2.22. The second-order valence-electron chi connectivity index (χ2n) is 6.70. The van der Waals surface area contributed by atoms with Crippen LogP contribution in [0.3, 0.4) is 0 Å². The number of benzene rings is 1. The highest BCUT2D eigenvalue weighted by Gasteiger charge is 2.25. The standard InChI is InChI=1S/C18H30N2O/c1-13(2)20-10-9-17(12-20)19-15(5)16-7-6-8-18(11-16)21-14(3)4/h6-8,11,13-15,17,19H,9-10,12H2,1-5H3. The quantitative estimate of drug-likeness (QED) is 0.866. The van der Waals surface area contributed by atoms with Crippen molar-refractivity contribution in [1.29, 1.82) is 0 Å². The van der Waals surface area contributed by atoms with Crippen molar-refractivity contribution in [2.45, 2.75) is 65.3 Å². The molecule has 1 aliphatic heterocycles. The predicted octanol–water partition coefficient (Wildman–Crippen LogP) is 3.61. The van der Waals surface area contributed by atoms with Crippen LogP contribution in [0.1, 0.15) is 52.6 Å². The van der Waals surface area contributed by atoms with Gasteiger partial charge in [-0.15, -0.1) is 0 Å². The maximum absolute atomic E-state index is 5.79. The number of rotatable bonds is 6. The Hall–Kier alpha value is -1.06. The molecule has 1 aliphatic rings. The zero-order valence-corrected chi connectivity index (χ0v) is 14.1. The van der Waals surface area contributed by atoms with Crippen molar-refractivity contribution in [2.75, 3.05) is 13.1 Å². The van der Waals surface area contributed by atoms with E-state index in [0.717, 1.165) is 12.3 Å². The molecule has 1 aromatic carbocycles. The predicted molar refractivity (Wildman–Crippen MR) is 88.9 cm³/mol. The molecule has 1 N–H and O–H groups in total. The Labute approximate surface area is 129 Å². The molecule has 1 heterocycles. The van der Waals surface area contributed by atoms with Crippen LogP contribution in [0.4, 0.5) is 0 Å². The second kappa shape index (κ2) is 7.28. The van der Waals surface area contributed by atoms with Gasteiger partial charge in [-0.1, -0.05) is 12.1 Å². The minimum atomic E-state index is 0.220. The summed E-state index contributed by atoms with van der Waals surface area (Å²) in [5, 5.41) is 3.76. The van der Waals surface area contributed by atoms with E-state index in [4.69, 9.17) is 4.74 Å². The zero-order chi connectivity index (χ0) is 15.4. The molecule has 2 atom stereocenters. The second-order valence-corrected chi connectivity index (χ2v) is 6.70. The van der Waals surface area contributed by atoms with Gasteiger partial charge in [-0.2, -0.15) is 0 Å². The van der Waals surface area contributed by atoms with Crippen molar-refractivity contribution >= 4 is 0 Å². The number of hydrogen-bond acceptors (Lipinski definition) is 3. The van der Waals surface area contributed by atoms with Gasteiger partial charge in [0.05, 0.1) is 6.10 Å². The largest absolute Gasteiger partial charge is 0.491 e. The van der Waals surface area contributed by atoms with Crippen molar-refractivity contribution < 1.29 is 4.74 Å². The number of ether oxygens (including phenoxy) is 1. The maximum atomic E-state index is 5.79. The van der Waals surface area contributed by atoms with Gasteiger partial charge in [0.1, 0.15) is 5.75 Å². The Balaban J connectivity index is 1.93. The first kappa shape index (κ1) is 16.3. The summed E-state index contributed by atoms with van der Waals surface area (Å²) in [6.07, 6.45) is 1.46. The van der Waals surface area contributed by atoms with Crippen LogP contribution in [0.5, 0.6) is 5.75 Å². The van der Waals surface area contributed by atoms with Gasteiger partial charge in [0.25, 0.3) is 0 Å². The molecular formula is C18H30N2O. The molecule has 0 aliphatic carbocycles. The summed E-state index contributed by atoms with van der Waals surface area (Å²) >= 11 is 0. The first-order valence-electron chi connectivity index (χ1n) is 8.22. The molecule has 0 radical (unpaired) electrons. The van der Waals surface area contributed by atoms with Gasteiger partial charge < -0.3 is 10.1 Å². The highest BCUT2D eigenvalue weighted by molar-refractivity contribution is 5.30. The summed E-state index contributed by atoms with van der Waals surface area (Å²) in [7, 11) is 0. The topological polar surface area (TPSA) is 24.5 Å². The fourth-order valence-corrected chi connectivity index (χ4v) is 2.97. The number of hydrogen-bond donors (Lipinski definition) is 1. The molecule has 0 amide bonds. The van der Waals surface area contributed by atoms with Gasteiger partial charge in [-0.3, -0.25) is 4.90 Å². The van der Waals surface area contributed by atoms with Crippen molar-refractivity contribution in [3.63, 3.8) is 0 Å². The Morgan fingerprint density at radius 1 is 1.19 bits per heavy atom. The van der Waals surface area contributed by atoms with Crippen LogP contribution < -0.4 is 10.1 Å². The van der Waals surface area contributed by atoms with E-state index in [1.807, 2.05) is 6.07 Å². The van der Waals surface area contributed by atoms with Crippen LogP contribution in [0.15, 0.2) is 24.3 Å². The van der Waals surface area contributed by atoms with Crippen LogP contribution >= 0.6 is 0 Å². The smallest absolute Gasteiger partial charge is 0.120 e. The van der Waals surface area contributed by atoms with E-state index in [-0.39, 0.29) is 6.10 Å². The molecule has 1 aromatic rings. The lowest BCUT2D eigenvalue weighted by molar-refractivity contribution is 0.242. The van der Waals surface area contributed by atoms with E-state index in [1.165, 1.54) is 18.5 Å². The van der Waals surface area contributed by atoms with Gasteiger partial charge >= 0.3 is 0 Å². The number of nitrogens with one attached hydrogen (secondary N) is 1. The molecule has 0 saturated carbocycles. The maximum Gasteiger partial charge on any atom is 0.120 e. The normalized spacial score (nSPS) is 21.2. The molecular weight excluding hydrogens is 260 g/mol. The van der Waals surface area contributed by atoms with E-state index in [1.54, 1.807) is 0 Å². The summed E-state index contributed by atoms with van der Waals surface area (Å²) in [6, 6.07) is 10.1. The van der Waals surface area contributed by atoms with Crippen LogP contribution in [0.2, 0.25) is 0 Å². The minimum Gasteiger partial charge on any atom is -0.491 e. The zero-order valence-electron chi connectivity index (χ0n) is 14.1. The molecule has 1 fully saturated rings. The van der Waals surface area contributed by atoms with E-state index < -0.39 is 0 Å². The molecule has 2 unspecified atom stereocenters. The van der Waals surface area contributed by atoms with Crippen LogP contribution in [-0.2, 0) is 0 Å². The Kier molecular flexibility index (Phi) is 5.65. The summed E-state index contributed by atoms with van der Waals surface area (Å²) in [4.78, 5) is 2.54. The molecule has 0 aromatic heterocycles. The lowest BCUT2D eigenvalue weighted by Crippen LogP contribution is -2.36. The summed E-state index contributed by atoms with van der Waals surface area (Å²) in [5.74, 6) is 0.964. The third-order valence-electron chi connectivity index (χ3n) is 4.17. The molecule has 1 saturated heterocycles. The molecule has 0 spiro atoms. The third-order valence-corrected chi connectivity index (χ3v) is 4.17.